The van der Waals surface area contributed by atoms with Gasteiger partial charge in [0.15, 0.2) is 0 Å². The molecule has 3 fully saturated rings. The van der Waals surface area contributed by atoms with Gasteiger partial charge in [-0.3, -0.25) is 4.79 Å². The van der Waals surface area contributed by atoms with E-state index < -0.39 is 11.6 Å². The lowest BCUT2D eigenvalue weighted by atomic mass is 10.1. The van der Waals surface area contributed by atoms with Gasteiger partial charge in [-0.25, -0.2) is 8.78 Å². The van der Waals surface area contributed by atoms with Gasteiger partial charge in [-0.1, -0.05) is 6.07 Å². The van der Waals surface area contributed by atoms with Gasteiger partial charge < -0.3 is 10.2 Å². The van der Waals surface area contributed by atoms with Crippen LogP contribution in [0.2, 0.25) is 0 Å². The molecular weight excluding hydrogens is 298 g/mol. The number of likely N-dealkylation sites (tertiary alicyclic amines) is 1. The highest BCUT2D eigenvalue weighted by Gasteiger charge is 2.45. The molecule has 124 valence electrons. The Morgan fingerprint density at radius 2 is 2.09 bits per heavy atom. The van der Waals surface area contributed by atoms with Crippen molar-refractivity contribution in [3.63, 3.8) is 0 Å². The molecule has 1 aromatic rings. The first-order valence-electron chi connectivity index (χ1n) is 8.58. The highest BCUT2D eigenvalue weighted by Crippen LogP contribution is 2.48. The standard InChI is InChI=1S/C18H22F2N2O/c19-12-1-4-14(17(20)7-12)15-8-16(15)18(23)21-9-11-5-6-22(10-11)13-2-3-13/h1,4,7,11,13,15-16H,2-3,5-6,8-10H2,(H,21,23)/t11-,15-,16-/m0/s1. The van der Waals surface area contributed by atoms with E-state index in [1.807, 2.05) is 0 Å². The Kier molecular flexibility index (Phi) is 3.84. The summed E-state index contributed by atoms with van der Waals surface area (Å²) in [5.41, 5.74) is 0.465. The summed E-state index contributed by atoms with van der Waals surface area (Å²) in [6.07, 6.45) is 4.46. The largest absolute Gasteiger partial charge is 0.356 e. The van der Waals surface area contributed by atoms with Crippen LogP contribution in [0.1, 0.15) is 37.2 Å². The number of hydrogen-bond donors (Lipinski definition) is 1. The fourth-order valence-electron chi connectivity index (χ4n) is 3.81. The van der Waals surface area contributed by atoms with Crippen LogP contribution in [0.5, 0.6) is 0 Å². The predicted octanol–water partition coefficient (Wildman–Crippen LogP) is 2.67. The predicted molar refractivity (Wildman–Crippen MR) is 82.9 cm³/mol. The van der Waals surface area contributed by atoms with Gasteiger partial charge in [-0.15, -0.1) is 0 Å². The molecule has 3 nitrogen and oxygen atoms in total. The van der Waals surface area contributed by atoms with Crippen molar-refractivity contribution in [3.8, 4) is 0 Å². The maximum Gasteiger partial charge on any atom is 0.223 e. The van der Waals surface area contributed by atoms with E-state index in [1.165, 1.54) is 25.0 Å². The second-order valence-corrected chi connectivity index (χ2v) is 7.24. The molecule has 0 aromatic heterocycles. The summed E-state index contributed by atoms with van der Waals surface area (Å²) in [7, 11) is 0. The maximum absolute atomic E-state index is 13.8. The fraction of sp³-hybridized carbons (Fsp3) is 0.611. The Hall–Kier alpha value is -1.49. The zero-order chi connectivity index (χ0) is 16.0. The number of nitrogens with zero attached hydrogens (tertiary/aromatic N) is 1. The van der Waals surface area contributed by atoms with Crippen LogP contribution in [0.25, 0.3) is 0 Å². The van der Waals surface area contributed by atoms with Crippen molar-refractivity contribution in [2.45, 2.75) is 37.6 Å². The van der Waals surface area contributed by atoms with Crippen molar-refractivity contribution in [2.24, 2.45) is 11.8 Å². The molecule has 5 heteroatoms. The van der Waals surface area contributed by atoms with Crippen LogP contribution in [0.4, 0.5) is 8.78 Å². The van der Waals surface area contributed by atoms with Crippen LogP contribution in [0.15, 0.2) is 18.2 Å². The van der Waals surface area contributed by atoms with Crippen LogP contribution < -0.4 is 5.32 Å². The zero-order valence-electron chi connectivity index (χ0n) is 13.1. The highest BCUT2D eigenvalue weighted by molar-refractivity contribution is 5.82. The lowest BCUT2D eigenvalue weighted by Gasteiger charge is -2.15. The topological polar surface area (TPSA) is 32.3 Å². The minimum Gasteiger partial charge on any atom is -0.356 e. The lowest BCUT2D eigenvalue weighted by molar-refractivity contribution is -0.122. The smallest absolute Gasteiger partial charge is 0.223 e. The summed E-state index contributed by atoms with van der Waals surface area (Å²) in [5, 5.41) is 3.03. The molecule has 1 aliphatic heterocycles. The van der Waals surface area contributed by atoms with Crippen LogP contribution in [0, 0.1) is 23.5 Å². The summed E-state index contributed by atoms with van der Waals surface area (Å²) in [5.74, 6) is -0.809. The van der Waals surface area contributed by atoms with Crippen molar-refractivity contribution in [2.75, 3.05) is 19.6 Å². The van der Waals surface area contributed by atoms with Crippen LogP contribution in [-0.4, -0.2) is 36.5 Å². The molecule has 0 radical (unpaired) electrons. The Labute approximate surface area is 135 Å². The Morgan fingerprint density at radius 1 is 1.26 bits per heavy atom. The van der Waals surface area contributed by atoms with Crippen molar-refractivity contribution >= 4 is 5.91 Å². The van der Waals surface area contributed by atoms with Gasteiger partial charge in [0, 0.05) is 31.1 Å². The third kappa shape index (κ3) is 3.25. The van der Waals surface area contributed by atoms with Gasteiger partial charge in [0.25, 0.3) is 0 Å². The molecule has 0 spiro atoms. The average Bonchev–Trinajstić information content (AvgIpc) is 3.44. The van der Waals surface area contributed by atoms with Gasteiger partial charge in [-0.2, -0.15) is 0 Å². The number of benzene rings is 1. The van der Waals surface area contributed by atoms with Crippen LogP contribution in [-0.2, 0) is 4.79 Å². The second-order valence-electron chi connectivity index (χ2n) is 7.24. The molecule has 1 heterocycles. The molecule has 1 aromatic carbocycles. The third-order valence-electron chi connectivity index (χ3n) is 5.43. The van der Waals surface area contributed by atoms with Crippen molar-refractivity contribution in [3.05, 3.63) is 35.4 Å². The number of carbonyl (C=O) groups is 1. The summed E-state index contributed by atoms with van der Waals surface area (Å²) < 4.78 is 26.7. The summed E-state index contributed by atoms with van der Waals surface area (Å²) in [4.78, 5) is 14.8. The summed E-state index contributed by atoms with van der Waals surface area (Å²) >= 11 is 0. The second kappa shape index (κ2) is 5.86. The van der Waals surface area contributed by atoms with E-state index in [-0.39, 0.29) is 17.7 Å². The highest BCUT2D eigenvalue weighted by atomic mass is 19.1. The molecule has 4 rings (SSSR count). The van der Waals surface area contributed by atoms with E-state index in [9.17, 15) is 13.6 Å². The molecule has 3 aliphatic rings. The minimum atomic E-state index is -0.575. The molecule has 23 heavy (non-hydrogen) atoms. The Morgan fingerprint density at radius 3 is 2.83 bits per heavy atom. The average molecular weight is 320 g/mol. The molecule has 3 atom stereocenters. The van der Waals surface area contributed by atoms with Crippen molar-refractivity contribution < 1.29 is 13.6 Å². The Bertz CT molecular complexity index is 617. The number of nitrogens with one attached hydrogen (secondary N) is 1. The summed E-state index contributed by atoms with van der Waals surface area (Å²) in [6.45, 7) is 2.96. The van der Waals surface area contributed by atoms with Gasteiger partial charge in [0.2, 0.25) is 5.91 Å². The monoisotopic (exact) mass is 320 g/mol. The molecule has 0 bridgehead atoms. The van der Waals surface area contributed by atoms with E-state index >= 15 is 0 Å². The fourth-order valence-corrected chi connectivity index (χ4v) is 3.81. The number of carbonyl (C=O) groups excluding carboxylic acids is 1. The molecule has 1 saturated heterocycles. The minimum absolute atomic E-state index is 0.0172. The first-order valence-corrected chi connectivity index (χ1v) is 8.58. The number of hydrogen-bond acceptors (Lipinski definition) is 2. The molecule has 1 N–H and O–H groups in total. The quantitative estimate of drug-likeness (QED) is 0.905. The van der Waals surface area contributed by atoms with E-state index in [0.29, 0.717) is 17.9 Å². The molecule has 1 amide bonds. The van der Waals surface area contributed by atoms with Crippen LogP contribution in [0.3, 0.4) is 0 Å². The maximum atomic E-state index is 13.8. The van der Waals surface area contributed by atoms with Crippen molar-refractivity contribution in [1.82, 2.24) is 10.2 Å². The van der Waals surface area contributed by atoms with Crippen LogP contribution >= 0.6 is 0 Å². The van der Waals surface area contributed by atoms with Crippen molar-refractivity contribution in [1.29, 1.82) is 0 Å². The Balaban J connectivity index is 1.26. The third-order valence-corrected chi connectivity index (χ3v) is 5.43. The van der Waals surface area contributed by atoms with E-state index in [4.69, 9.17) is 0 Å². The van der Waals surface area contributed by atoms with Gasteiger partial charge >= 0.3 is 0 Å². The van der Waals surface area contributed by atoms with E-state index in [1.54, 1.807) is 0 Å². The number of amides is 1. The molecule has 0 unspecified atom stereocenters. The van der Waals surface area contributed by atoms with Gasteiger partial charge in [0.05, 0.1) is 0 Å². The summed E-state index contributed by atoms with van der Waals surface area (Å²) in [6, 6.07) is 4.42. The number of rotatable bonds is 5. The molecular formula is C18H22F2N2O. The van der Waals surface area contributed by atoms with E-state index in [0.717, 1.165) is 38.2 Å². The molecule has 2 saturated carbocycles. The number of halogens is 2. The van der Waals surface area contributed by atoms with Gasteiger partial charge in [0.1, 0.15) is 11.6 Å². The normalized spacial score (nSPS) is 30.4. The molecule has 2 aliphatic carbocycles. The first-order chi connectivity index (χ1) is 11.1. The zero-order valence-corrected chi connectivity index (χ0v) is 13.1. The van der Waals surface area contributed by atoms with E-state index in [2.05, 4.69) is 10.2 Å². The SMILES string of the molecule is O=C(NC[C@@H]1CCN(C2CC2)C1)[C@H]1C[C@H]1c1ccc(F)cc1F. The van der Waals surface area contributed by atoms with Gasteiger partial charge in [-0.05, 0) is 55.7 Å². The lowest BCUT2D eigenvalue weighted by Crippen LogP contribution is -2.32. The first kappa shape index (κ1) is 15.1.